The molecule has 0 atom stereocenters. The topological polar surface area (TPSA) is 99.1 Å². The molecule has 0 aliphatic rings. The van der Waals surface area contributed by atoms with Gasteiger partial charge in [0.2, 0.25) is 0 Å². The van der Waals surface area contributed by atoms with Gasteiger partial charge in [0.25, 0.3) is 18.8 Å². The summed E-state index contributed by atoms with van der Waals surface area (Å²) < 4.78 is 13.5. The summed E-state index contributed by atoms with van der Waals surface area (Å²) in [5.41, 5.74) is 0. The first kappa shape index (κ1) is 30.7. The van der Waals surface area contributed by atoms with Crippen molar-refractivity contribution in [2.24, 2.45) is 0 Å². The number of nitriles is 3. The van der Waals surface area contributed by atoms with E-state index in [0.717, 1.165) is 0 Å². The number of ether oxygens (including phenoxy) is 3. The lowest BCUT2D eigenvalue weighted by atomic mass is 10.3. The van der Waals surface area contributed by atoms with Gasteiger partial charge in [-0.3, -0.25) is 0 Å². The van der Waals surface area contributed by atoms with Crippen LogP contribution in [0.15, 0.2) is 91.0 Å². The number of hydrogen-bond acceptors (Lipinski definition) is 6. The molecule has 0 heterocycles. The smallest absolute Gasteiger partial charge is 0.292 e. The van der Waals surface area contributed by atoms with Gasteiger partial charge in [0.05, 0.1) is 0 Å². The highest BCUT2D eigenvalue weighted by atomic mass is 16.5. The van der Waals surface area contributed by atoms with Gasteiger partial charge >= 0.3 is 0 Å². The molecule has 0 bridgehead atoms. The van der Waals surface area contributed by atoms with E-state index in [1.54, 1.807) is 55.2 Å². The highest BCUT2D eigenvalue weighted by molar-refractivity contribution is 5.23. The van der Waals surface area contributed by atoms with Crippen molar-refractivity contribution in [2.75, 3.05) is 0 Å². The molecule has 0 saturated heterocycles. The fourth-order valence-corrected chi connectivity index (χ4v) is 1.62. The maximum Gasteiger partial charge on any atom is 0.292 e. The SMILES string of the molecule is CCC.CCC.N#COc1ccccc1.N#COc1ccccc1.N#COc1ccccc1. The van der Waals surface area contributed by atoms with E-state index in [1.165, 1.54) is 12.8 Å². The Morgan fingerprint density at radius 3 is 0.788 bits per heavy atom. The van der Waals surface area contributed by atoms with Crippen LogP contribution in [-0.4, -0.2) is 0 Å². The van der Waals surface area contributed by atoms with E-state index in [4.69, 9.17) is 15.8 Å². The Kier molecular flexibility index (Phi) is 23.8. The molecule has 3 aromatic carbocycles. The van der Waals surface area contributed by atoms with E-state index in [1.807, 2.05) is 54.6 Å². The Morgan fingerprint density at radius 1 is 0.455 bits per heavy atom. The second kappa shape index (κ2) is 25.6. The summed E-state index contributed by atoms with van der Waals surface area (Å²) >= 11 is 0. The molecule has 3 aromatic rings. The first-order valence-corrected chi connectivity index (χ1v) is 10.5. The summed E-state index contributed by atoms with van der Waals surface area (Å²) in [5, 5.41) is 24.1. The predicted molar refractivity (Wildman–Crippen MR) is 130 cm³/mol. The molecule has 33 heavy (non-hydrogen) atoms. The lowest BCUT2D eigenvalue weighted by molar-refractivity contribution is 0.507. The van der Waals surface area contributed by atoms with Crippen LogP contribution >= 0.6 is 0 Å². The predicted octanol–water partition coefficient (Wildman–Crippen LogP) is 7.47. The van der Waals surface area contributed by atoms with Crippen molar-refractivity contribution in [3.8, 4) is 36.0 Å². The Balaban J connectivity index is 0. The average Bonchev–Trinajstić information content (AvgIpc) is 2.84. The maximum atomic E-state index is 8.05. The zero-order chi connectivity index (χ0) is 25.0. The fraction of sp³-hybridized carbons (Fsp3) is 0.222. The van der Waals surface area contributed by atoms with Crippen LogP contribution in [0.5, 0.6) is 17.2 Å². The molecule has 3 rings (SSSR count). The molecule has 0 unspecified atom stereocenters. The molecule has 172 valence electrons. The zero-order valence-electron chi connectivity index (χ0n) is 19.6. The van der Waals surface area contributed by atoms with E-state index < -0.39 is 0 Å². The van der Waals surface area contributed by atoms with Gasteiger partial charge in [-0.15, -0.1) is 15.8 Å². The van der Waals surface area contributed by atoms with Crippen molar-refractivity contribution in [1.29, 1.82) is 15.8 Å². The van der Waals surface area contributed by atoms with Gasteiger partial charge in [0.1, 0.15) is 17.2 Å². The summed E-state index contributed by atoms with van der Waals surface area (Å²) in [6, 6.07) is 26.8. The summed E-state index contributed by atoms with van der Waals surface area (Å²) in [5.74, 6) is 1.75. The monoisotopic (exact) mass is 445 g/mol. The van der Waals surface area contributed by atoms with E-state index in [9.17, 15) is 0 Å². The molecule has 0 spiro atoms. The third kappa shape index (κ3) is 22.0. The lowest BCUT2D eigenvalue weighted by Crippen LogP contribution is -1.78. The summed E-state index contributed by atoms with van der Waals surface area (Å²) in [4.78, 5) is 0. The Morgan fingerprint density at radius 2 is 0.636 bits per heavy atom. The normalized spacial score (nSPS) is 7.55. The second-order valence-electron chi connectivity index (χ2n) is 5.93. The van der Waals surface area contributed by atoms with Gasteiger partial charge in [-0.2, -0.15) is 0 Å². The molecule has 6 nitrogen and oxygen atoms in total. The zero-order valence-corrected chi connectivity index (χ0v) is 19.6. The number of benzene rings is 3. The van der Waals surface area contributed by atoms with Crippen molar-refractivity contribution in [3.63, 3.8) is 0 Å². The van der Waals surface area contributed by atoms with Gasteiger partial charge in [0, 0.05) is 0 Å². The Labute approximate surface area is 197 Å². The van der Waals surface area contributed by atoms with Crippen LogP contribution in [0.3, 0.4) is 0 Å². The minimum Gasteiger partial charge on any atom is -0.388 e. The van der Waals surface area contributed by atoms with Gasteiger partial charge in [-0.1, -0.05) is 95.1 Å². The first-order valence-electron chi connectivity index (χ1n) is 10.5. The fourth-order valence-electron chi connectivity index (χ4n) is 1.62. The van der Waals surface area contributed by atoms with Crippen molar-refractivity contribution < 1.29 is 14.2 Å². The van der Waals surface area contributed by atoms with Gasteiger partial charge in [0.15, 0.2) is 0 Å². The third-order valence-corrected chi connectivity index (χ3v) is 2.72. The molecule has 0 aliphatic heterocycles. The quantitative estimate of drug-likeness (QED) is 0.388. The summed E-state index contributed by atoms with van der Waals surface area (Å²) in [6.45, 7) is 8.50. The molecule has 0 N–H and O–H groups in total. The maximum absolute atomic E-state index is 8.05. The summed E-state index contributed by atoms with van der Waals surface area (Å²) in [6.07, 6.45) is 7.25. The number of rotatable bonds is 3. The van der Waals surface area contributed by atoms with Crippen molar-refractivity contribution in [3.05, 3.63) is 91.0 Å². The van der Waals surface area contributed by atoms with Gasteiger partial charge in [-0.25, -0.2) is 0 Å². The van der Waals surface area contributed by atoms with Crippen LogP contribution in [0.2, 0.25) is 0 Å². The molecule has 6 heteroatoms. The van der Waals surface area contributed by atoms with E-state index in [-0.39, 0.29) is 0 Å². The Hall–Kier alpha value is -4.47. The van der Waals surface area contributed by atoms with Crippen molar-refractivity contribution >= 4 is 0 Å². The first-order chi connectivity index (χ1) is 16.1. The van der Waals surface area contributed by atoms with Crippen LogP contribution in [0, 0.1) is 34.6 Å². The lowest BCUT2D eigenvalue weighted by Gasteiger charge is -1.89. The molecular weight excluding hydrogens is 414 g/mol. The minimum absolute atomic E-state index is 0.583. The van der Waals surface area contributed by atoms with Crippen LogP contribution in [0.4, 0.5) is 0 Å². The Bertz CT molecular complexity index is 790. The average molecular weight is 446 g/mol. The number of para-hydroxylation sites is 3. The molecule has 0 amide bonds. The third-order valence-electron chi connectivity index (χ3n) is 2.72. The molecule has 0 fully saturated rings. The molecule has 0 aliphatic carbocycles. The van der Waals surface area contributed by atoms with Crippen LogP contribution < -0.4 is 14.2 Å². The standard InChI is InChI=1S/3C7H5NO.2C3H8/c3*8-6-9-7-4-2-1-3-5-7;2*1-3-2/h3*1-5H;2*3H2,1-2H3. The largest absolute Gasteiger partial charge is 0.388 e. The van der Waals surface area contributed by atoms with Crippen LogP contribution in [0.25, 0.3) is 0 Å². The van der Waals surface area contributed by atoms with Crippen molar-refractivity contribution in [1.82, 2.24) is 0 Å². The van der Waals surface area contributed by atoms with E-state index in [0.29, 0.717) is 17.2 Å². The molecular formula is C27H31N3O3. The molecule has 0 saturated carbocycles. The van der Waals surface area contributed by atoms with E-state index in [2.05, 4.69) is 41.9 Å². The van der Waals surface area contributed by atoms with Crippen LogP contribution in [-0.2, 0) is 0 Å². The van der Waals surface area contributed by atoms with Gasteiger partial charge < -0.3 is 14.2 Å². The number of nitrogens with zero attached hydrogens (tertiary/aromatic N) is 3. The van der Waals surface area contributed by atoms with Crippen molar-refractivity contribution in [2.45, 2.75) is 40.5 Å². The molecule has 0 aromatic heterocycles. The number of hydrogen-bond donors (Lipinski definition) is 0. The minimum atomic E-state index is 0.583. The van der Waals surface area contributed by atoms with Crippen LogP contribution in [0.1, 0.15) is 40.5 Å². The molecule has 0 radical (unpaired) electrons. The van der Waals surface area contributed by atoms with E-state index >= 15 is 0 Å². The van der Waals surface area contributed by atoms with Gasteiger partial charge in [-0.05, 0) is 36.4 Å². The summed E-state index contributed by atoms with van der Waals surface area (Å²) in [7, 11) is 0. The highest BCUT2D eigenvalue weighted by Gasteiger charge is 1.86. The highest BCUT2D eigenvalue weighted by Crippen LogP contribution is 2.07. The second-order valence-corrected chi connectivity index (χ2v) is 5.93.